The zero-order chi connectivity index (χ0) is 11.3. The fourth-order valence-electron chi connectivity index (χ4n) is 1.52. The van der Waals surface area contributed by atoms with Gasteiger partial charge < -0.3 is 9.47 Å². The number of hydrogen-bond acceptors (Lipinski definition) is 5. The molecule has 3 atom stereocenters. The standard InChI is InChI=1S/C9H18N2O3S/c1-6-7(3-4-14-6)15-8(5-13-2)9(12)11-10/h6-8H,3-5,10H2,1-2H3,(H,11,12). The normalized spacial score (nSPS) is 27.7. The van der Waals surface area contributed by atoms with E-state index in [9.17, 15) is 4.79 Å². The van der Waals surface area contributed by atoms with Gasteiger partial charge in [0.1, 0.15) is 5.25 Å². The molecule has 0 bridgehead atoms. The van der Waals surface area contributed by atoms with E-state index in [2.05, 4.69) is 5.43 Å². The Kier molecular flexibility index (Phi) is 5.38. The van der Waals surface area contributed by atoms with Crippen LogP contribution in [0.1, 0.15) is 13.3 Å². The van der Waals surface area contributed by atoms with Crippen molar-refractivity contribution in [2.75, 3.05) is 20.3 Å². The van der Waals surface area contributed by atoms with Gasteiger partial charge in [0.15, 0.2) is 0 Å². The minimum Gasteiger partial charge on any atom is -0.383 e. The Morgan fingerprint density at radius 2 is 2.53 bits per heavy atom. The van der Waals surface area contributed by atoms with E-state index in [0.717, 1.165) is 13.0 Å². The number of nitrogens with one attached hydrogen (secondary N) is 1. The molecule has 0 radical (unpaired) electrons. The lowest BCUT2D eigenvalue weighted by Gasteiger charge is -2.20. The van der Waals surface area contributed by atoms with Crippen molar-refractivity contribution in [3.05, 3.63) is 0 Å². The smallest absolute Gasteiger partial charge is 0.249 e. The summed E-state index contributed by atoms with van der Waals surface area (Å²) in [5.74, 6) is 4.92. The van der Waals surface area contributed by atoms with E-state index >= 15 is 0 Å². The number of carbonyl (C=O) groups excluding carboxylic acids is 1. The lowest BCUT2D eigenvalue weighted by Crippen LogP contribution is -2.41. The Balaban J connectivity index is 2.46. The van der Waals surface area contributed by atoms with Crippen LogP contribution in [0.4, 0.5) is 0 Å². The molecule has 0 aromatic rings. The van der Waals surface area contributed by atoms with Gasteiger partial charge in [0, 0.05) is 19.0 Å². The number of nitrogens with two attached hydrogens (primary N) is 1. The zero-order valence-electron chi connectivity index (χ0n) is 9.06. The summed E-state index contributed by atoms with van der Waals surface area (Å²) in [5, 5.41) is 0.0941. The van der Waals surface area contributed by atoms with Crippen LogP contribution >= 0.6 is 11.8 Å². The van der Waals surface area contributed by atoms with Crippen molar-refractivity contribution in [2.45, 2.75) is 29.9 Å². The van der Waals surface area contributed by atoms with Crippen LogP contribution < -0.4 is 11.3 Å². The highest BCUT2D eigenvalue weighted by atomic mass is 32.2. The van der Waals surface area contributed by atoms with E-state index in [-0.39, 0.29) is 17.3 Å². The van der Waals surface area contributed by atoms with Gasteiger partial charge in [0.2, 0.25) is 5.91 Å². The van der Waals surface area contributed by atoms with Crippen molar-refractivity contribution in [2.24, 2.45) is 5.84 Å². The summed E-state index contributed by atoms with van der Waals surface area (Å²) < 4.78 is 10.4. The van der Waals surface area contributed by atoms with Crippen molar-refractivity contribution in [3.8, 4) is 0 Å². The number of hydrazine groups is 1. The topological polar surface area (TPSA) is 73.6 Å². The number of carbonyl (C=O) groups is 1. The third-order valence-corrected chi connectivity index (χ3v) is 4.05. The van der Waals surface area contributed by atoms with E-state index in [1.807, 2.05) is 6.92 Å². The van der Waals surface area contributed by atoms with E-state index in [1.165, 1.54) is 0 Å². The Bertz CT molecular complexity index is 216. The molecule has 3 N–H and O–H groups in total. The second kappa shape index (κ2) is 6.32. The highest BCUT2D eigenvalue weighted by Crippen LogP contribution is 2.29. The molecule has 15 heavy (non-hydrogen) atoms. The van der Waals surface area contributed by atoms with Gasteiger partial charge in [-0.05, 0) is 13.3 Å². The van der Waals surface area contributed by atoms with Crippen LogP contribution in [-0.4, -0.2) is 42.8 Å². The molecular formula is C9H18N2O3S. The van der Waals surface area contributed by atoms with Crippen LogP contribution in [-0.2, 0) is 14.3 Å². The average molecular weight is 234 g/mol. The van der Waals surface area contributed by atoms with E-state index in [4.69, 9.17) is 15.3 Å². The Labute approximate surface area is 94.0 Å². The molecule has 1 rings (SSSR count). The van der Waals surface area contributed by atoms with Crippen LogP contribution in [0.2, 0.25) is 0 Å². The summed E-state index contributed by atoms with van der Waals surface area (Å²) in [6, 6.07) is 0. The first-order valence-electron chi connectivity index (χ1n) is 4.95. The van der Waals surface area contributed by atoms with Crippen molar-refractivity contribution in [3.63, 3.8) is 0 Å². The van der Waals surface area contributed by atoms with Gasteiger partial charge in [-0.15, -0.1) is 11.8 Å². The Morgan fingerprint density at radius 3 is 3.00 bits per heavy atom. The van der Waals surface area contributed by atoms with Crippen LogP contribution in [0.3, 0.4) is 0 Å². The molecule has 88 valence electrons. The summed E-state index contributed by atoms with van der Waals surface area (Å²) in [6.45, 7) is 3.16. The second-order valence-corrected chi connectivity index (χ2v) is 4.94. The van der Waals surface area contributed by atoms with Crippen LogP contribution in [0.25, 0.3) is 0 Å². The summed E-state index contributed by atoms with van der Waals surface area (Å²) >= 11 is 1.58. The van der Waals surface area contributed by atoms with Crippen molar-refractivity contribution < 1.29 is 14.3 Å². The van der Waals surface area contributed by atoms with Crippen molar-refractivity contribution in [1.29, 1.82) is 0 Å². The van der Waals surface area contributed by atoms with Crippen LogP contribution in [0.5, 0.6) is 0 Å². The summed E-state index contributed by atoms with van der Waals surface area (Å²) in [6.07, 6.45) is 1.17. The number of ether oxygens (including phenoxy) is 2. The minimum absolute atomic E-state index is 0.194. The second-order valence-electron chi connectivity index (χ2n) is 3.49. The maximum absolute atomic E-state index is 11.4. The van der Waals surface area contributed by atoms with E-state index in [0.29, 0.717) is 11.9 Å². The van der Waals surface area contributed by atoms with Crippen LogP contribution in [0.15, 0.2) is 0 Å². The third-order valence-electron chi connectivity index (χ3n) is 2.40. The lowest BCUT2D eigenvalue weighted by molar-refractivity contribution is -0.121. The van der Waals surface area contributed by atoms with Gasteiger partial charge in [-0.2, -0.15) is 0 Å². The highest BCUT2D eigenvalue weighted by Gasteiger charge is 2.30. The number of hydrogen-bond donors (Lipinski definition) is 2. The molecule has 0 aromatic carbocycles. The largest absolute Gasteiger partial charge is 0.383 e. The monoisotopic (exact) mass is 234 g/mol. The molecule has 6 heteroatoms. The first-order chi connectivity index (χ1) is 7.19. The zero-order valence-corrected chi connectivity index (χ0v) is 9.88. The summed E-state index contributed by atoms with van der Waals surface area (Å²) in [7, 11) is 1.58. The van der Waals surface area contributed by atoms with Crippen molar-refractivity contribution >= 4 is 17.7 Å². The third kappa shape index (κ3) is 3.64. The molecular weight excluding hydrogens is 216 g/mol. The van der Waals surface area contributed by atoms with Crippen LogP contribution in [0, 0.1) is 0 Å². The number of thioether (sulfide) groups is 1. The van der Waals surface area contributed by atoms with Gasteiger partial charge >= 0.3 is 0 Å². The predicted octanol–water partition coefficient (Wildman–Crippen LogP) is -0.0981. The highest BCUT2D eigenvalue weighted by molar-refractivity contribution is 8.01. The molecule has 3 unspecified atom stereocenters. The fraction of sp³-hybridized carbons (Fsp3) is 0.889. The first kappa shape index (κ1) is 12.8. The minimum atomic E-state index is -0.255. The van der Waals surface area contributed by atoms with Gasteiger partial charge in [0.05, 0.1) is 12.7 Å². The summed E-state index contributed by atoms with van der Waals surface area (Å²) in [4.78, 5) is 11.4. The number of methoxy groups -OCH3 is 1. The molecule has 5 nitrogen and oxygen atoms in total. The predicted molar refractivity (Wildman–Crippen MR) is 59.4 cm³/mol. The van der Waals surface area contributed by atoms with E-state index < -0.39 is 0 Å². The van der Waals surface area contributed by atoms with Gasteiger partial charge in [-0.3, -0.25) is 10.2 Å². The molecule has 1 amide bonds. The maximum Gasteiger partial charge on any atom is 0.249 e. The van der Waals surface area contributed by atoms with Gasteiger partial charge in [-0.25, -0.2) is 5.84 Å². The van der Waals surface area contributed by atoms with Gasteiger partial charge in [0.25, 0.3) is 0 Å². The molecule has 0 aliphatic carbocycles. The molecule has 0 aromatic heterocycles. The molecule has 1 aliphatic heterocycles. The molecule has 1 saturated heterocycles. The molecule has 1 fully saturated rings. The first-order valence-corrected chi connectivity index (χ1v) is 5.89. The number of rotatable bonds is 5. The Hall–Kier alpha value is -0.300. The van der Waals surface area contributed by atoms with E-state index in [1.54, 1.807) is 18.9 Å². The molecule has 0 saturated carbocycles. The fourth-order valence-corrected chi connectivity index (χ4v) is 2.88. The molecule has 1 aliphatic rings. The SMILES string of the molecule is COCC(SC1CCOC1C)C(=O)NN. The quantitative estimate of drug-likeness (QED) is 0.395. The molecule has 0 spiro atoms. The maximum atomic E-state index is 11.4. The Morgan fingerprint density at radius 1 is 1.80 bits per heavy atom. The average Bonchev–Trinajstić information content (AvgIpc) is 2.63. The molecule has 1 heterocycles. The lowest BCUT2D eigenvalue weighted by atomic mass is 10.3. The number of amides is 1. The van der Waals surface area contributed by atoms with Gasteiger partial charge in [-0.1, -0.05) is 0 Å². The van der Waals surface area contributed by atoms with Crippen molar-refractivity contribution in [1.82, 2.24) is 5.43 Å². The summed E-state index contributed by atoms with van der Waals surface area (Å²) in [5.41, 5.74) is 2.16.